The Hall–Kier alpha value is -1.49. The first-order valence-electron chi connectivity index (χ1n) is 7.31. The van der Waals surface area contributed by atoms with E-state index in [9.17, 15) is 9.90 Å². The lowest BCUT2D eigenvalue weighted by Gasteiger charge is -2.31. The van der Waals surface area contributed by atoms with Crippen molar-refractivity contribution in [3.05, 3.63) is 24.2 Å². The lowest BCUT2D eigenvalue weighted by molar-refractivity contribution is 0.0562. The zero-order valence-corrected chi connectivity index (χ0v) is 12.2. The maximum absolute atomic E-state index is 12.1. The standard InChI is InChI=1S/C15H24N2O3/c1-11(14-8-5-9-20-14)16-15(19)17(2)10-12-6-3-4-7-13(12)18/h5,8-9,11-13,18H,3-4,6-7,10H2,1-2H3,(H,16,19). The Kier molecular flexibility index (Phi) is 5.06. The van der Waals surface area contributed by atoms with E-state index in [1.807, 2.05) is 13.0 Å². The summed E-state index contributed by atoms with van der Waals surface area (Å²) in [6.45, 7) is 2.48. The quantitative estimate of drug-likeness (QED) is 0.890. The molecule has 3 atom stereocenters. The molecule has 1 saturated carbocycles. The van der Waals surface area contributed by atoms with E-state index in [-0.39, 0.29) is 24.1 Å². The summed E-state index contributed by atoms with van der Waals surface area (Å²) in [4.78, 5) is 13.8. The summed E-state index contributed by atoms with van der Waals surface area (Å²) >= 11 is 0. The van der Waals surface area contributed by atoms with Crippen LogP contribution in [0.3, 0.4) is 0 Å². The fourth-order valence-corrected chi connectivity index (χ4v) is 2.74. The fraction of sp³-hybridized carbons (Fsp3) is 0.667. The van der Waals surface area contributed by atoms with Crippen molar-refractivity contribution in [1.29, 1.82) is 0 Å². The first-order valence-corrected chi connectivity index (χ1v) is 7.31. The molecule has 0 aromatic carbocycles. The molecule has 0 radical (unpaired) electrons. The zero-order valence-electron chi connectivity index (χ0n) is 12.2. The highest BCUT2D eigenvalue weighted by Crippen LogP contribution is 2.25. The van der Waals surface area contributed by atoms with Gasteiger partial charge in [0.1, 0.15) is 5.76 Å². The van der Waals surface area contributed by atoms with E-state index in [2.05, 4.69) is 5.32 Å². The van der Waals surface area contributed by atoms with Crippen LogP contribution < -0.4 is 5.32 Å². The van der Waals surface area contributed by atoms with Crippen LogP contribution in [0.25, 0.3) is 0 Å². The molecule has 1 aliphatic rings. The molecule has 1 aliphatic carbocycles. The van der Waals surface area contributed by atoms with Crippen LogP contribution in [-0.2, 0) is 0 Å². The van der Waals surface area contributed by atoms with Crippen LogP contribution in [0, 0.1) is 5.92 Å². The number of urea groups is 1. The largest absolute Gasteiger partial charge is 0.467 e. The molecule has 0 saturated heterocycles. The van der Waals surface area contributed by atoms with Crippen LogP contribution in [0.2, 0.25) is 0 Å². The first kappa shape index (κ1) is 14.9. The van der Waals surface area contributed by atoms with E-state index >= 15 is 0 Å². The number of aliphatic hydroxyl groups is 1. The molecular formula is C15H24N2O3. The topological polar surface area (TPSA) is 65.7 Å². The van der Waals surface area contributed by atoms with Gasteiger partial charge < -0.3 is 19.7 Å². The van der Waals surface area contributed by atoms with E-state index in [0.29, 0.717) is 6.54 Å². The molecule has 2 amide bonds. The average molecular weight is 280 g/mol. The Morgan fingerprint density at radius 3 is 2.95 bits per heavy atom. The number of hydrogen-bond donors (Lipinski definition) is 2. The Bertz CT molecular complexity index is 419. The third-order valence-electron chi connectivity index (χ3n) is 4.03. The van der Waals surface area contributed by atoms with Gasteiger partial charge in [-0.05, 0) is 31.9 Å². The van der Waals surface area contributed by atoms with Gasteiger partial charge in [-0.1, -0.05) is 12.8 Å². The maximum Gasteiger partial charge on any atom is 0.317 e. The van der Waals surface area contributed by atoms with Gasteiger partial charge in [0, 0.05) is 19.5 Å². The Labute approximate surface area is 119 Å². The maximum atomic E-state index is 12.1. The summed E-state index contributed by atoms with van der Waals surface area (Å²) in [5.41, 5.74) is 0. The zero-order chi connectivity index (χ0) is 14.5. The van der Waals surface area contributed by atoms with Crippen LogP contribution in [0.15, 0.2) is 22.8 Å². The predicted octanol–water partition coefficient (Wildman–Crippen LogP) is 2.53. The van der Waals surface area contributed by atoms with Gasteiger partial charge in [0.25, 0.3) is 0 Å². The van der Waals surface area contributed by atoms with E-state index in [1.165, 1.54) is 0 Å². The van der Waals surface area contributed by atoms with Gasteiger partial charge in [0.15, 0.2) is 0 Å². The smallest absolute Gasteiger partial charge is 0.317 e. The lowest BCUT2D eigenvalue weighted by atomic mass is 9.86. The highest BCUT2D eigenvalue weighted by Gasteiger charge is 2.26. The number of amides is 2. The summed E-state index contributed by atoms with van der Waals surface area (Å²) in [6, 6.07) is 3.36. The second-order valence-corrected chi connectivity index (χ2v) is 5.68. The second-order valence-electron chi connectivity index (χ2n) is 5.68. The highest BCUT2D eigenvalue weighted by molar-refractivity contribution is 5.74. The predicted molar refractivity (Wildman–Crippen MR) is 76.2 cm³/mol. The van der Waals surface area contributed by atoms with Crippen LogP contribution in [0.4, 0.5) is 4.79 Å². The van der Waals surface area contributed by atoms with Gasteiger partial charge in [0.2, 0.25) is 0 Å². The molecule has 2 rings (SSSR count). The molecule has 2 N–H and O–H groups in total. The van der Waals surface area contributed by atoms with Crippen molar-refractivity contribution in [3.8, 4) is 0 Å². The van der Waals surface area contributed by atoms with Crippen molar-refractivity contribution >= 4 is 6.03 Å². The van der Waals surface area contributed by atoms with Crippen LogP contribution in [0.5, 0.6) is 0 Å². The monoisotopic (exact) mass is 280 g/mol. The number of rotatable bonds is 4. The number of nitrogens with one attached hydrogen (secondary N) is 1. The molecular weight excluding hydrogens is 256 g/mol. The number of nitrogens with zero attached hydrogens (tertiary/aromatic N) is 1. The lowest BCUT2D eigenvalue weighted by Crippen LogP contribution is -2.43. The minimum Gasteiger partial charge on any atom is -0.467 e. The number of carbonyl (C=O) groups is 1. The molecule has 1 fully saturated rings. The van der Waals surface area contributed by atoms with Crippen LogP contribution in [0.1, 0.15) is 44.4 Å². The van der Waals surface area contributed by atoms with Crippen molar-refractivity contribution in [2.45, 2.75) is 44.8 Å². The number of aliphatic hydroxyl groups excluding tert-OH is 1. The molecule has 0 spiro atoms. The molecule has 5 heteroatoms. The van der Waals surface area contributed by atoms with Crippen molar-refractivity contribution in [3.63, 3.8) is 0 Å². The molecule has 1 aromatic heterocycles. The molecule has 0 bridgehead atoms. The van der Waals surface area contributed by atoms with Gasteiger partial charge >= 0.3 is 6.03 Å². The SMILES string of the molecule is CC(NC(=O)N(C)CC1CCCCC1O)c1ccco1. The highest BCUT2D eigenvalue weighted by atomic mass is 16.3. The van der Waals surface area contributed by atoms with Crippen molar-refractivity contribution in [1.82, 2.24) is 10.2 Å². The van der Waals surface area contributed by atoms with E-state index < -0.39 is 0 Å². The Morgan fingerprint density at radius 1 is 1.55 bits per heavy atom. The number of furan rings is 1. The summed E-state index contributed by atoms with van der Waals surface area (Å²) < 4.78 is 5.27. The number of hydrogen-bond acceptors (Lipinski definition) is 3. The van der Waals surface area contributed by atoms with Crippen molar-refractivity contribution in [2.75, 3.05) is 13.6 Å². The third-order valence-corrected chi connectivity index (χ3v) is 4.03. The average Bonchev–Trinajstić information content (AvgIpc) is 2.95. The van der Waals surface area contributed by atoms with E-state index in [1.54, 1.807) is 24.3 Å². The second kappa shape index (κ2) is 6.79. The van der Waals surface area contributed by atoms with Gasteiger partial charge in [-0.3, -0.25) is 0 Å². The van der Waals surface area contributed by atoms with Crippen molar-refractivity contribution < 1.29 is 14.3 Å². The van der Waals surface area contributed by atoms with E-state index in [0.717, 1.165) is 31.4 Å². The molecule has 20 heavy (non-hydrogen) atoms. The summed E-state index contributed by atoms with van der Waals surface area (Å²) in [5.74, 6) is 0.933. The Morgan fingerprint density at radius 2 is 2.30 bits per heavy atom. The van der Waals surface area contributed by atoms with E-state index in [4.69, 9.17) is 4.42 Å². The summed E-state index contributed by atoms with van der Waals surface area (Å²) in [7, 11) is 1.77. The fourth-order valence-electron chi connectivity index (χ4n) is 2.74. The number of carbonyl (C=O) groups excluding carboxylic acids is 1. The minimum absolute atomic E-state index is 0.133. The van der Waals surface area contributed by atoms with Gasteiger partial charge in [-0.15, -0.1) is 0 Å². The third kappa shape index (κ3) is 3.76. The first-order chi connectivity index (χ1) is 9.58. The molecule has 0 aliphatic heterocycles. The molecule has 3 unspecified atom stereocenters. The Balaban J connectivity index is 1.82. The van der Waals surface area contributed by atoms with Crippen LogP contribution >= 0.6 is 0 Å². The normalized spacial score (nSPS) is 24.1. The van der Waals surface area contributed by atoms with Crippen LogP contribution in [-0.4, -0.2) is 35.7 Å². The molecule has 112 valence electrons. The summed E-state index contributed by atoms with van der Waals surface area (Å²) in [5, 5.41) is 12.9. The summed E-state index contributed by atoms with van der Waals surface area (Å²) in [6.07, 6.45) is 5.39. The molecule has 1 heterocycles. The molecule has 1 aromatic rings. The van der Waals surface area contributed by atoms with Gasteiger partial charge in [-0.2, -0.15) is 0 Å². The van der Waals surface area contributed by atoms with Gasteiger partial charge in [0.05, 0.1) is 18.4 Å². The van der Waals surface area contributed by atoms with Crippen molar-refractivity contribution in [2.24, 2.45) is 5.92 Å². The minimum atomic E-state index is -0.276. The molecule has 5 nitrogen and oxygen atoms in total. The van der Waals surface area contributed by atoms with Gasteiger partial charge in [-0.25, -0.2) is 4.79 Å².